The zero-order valence-electron chi connectivity index (χ0n) is 8.93. The quantitative estimate of drug-likeness (QED) is 0.373. The Balaban J connectivity index is 4.31. The lowest BCUT2D eigenvalue weighted by Crippen LogP contribution is -2.54. The first-order chi connectivity index (χ1) is 7.25. The first-order valence-corrected chi connectivity index (χ1v) is 4.53. The average molecular weight is 233 g/mol. The number of aliphatic hydroxyl groups excluding tert-OH is 1. The van der Waals surface area contributed by atoms with Crippen molar-refractivity contribution in [3.05, 3.63) is 0 Å². The molecule has 0 aliphatic heterocycles. The SMILES string of the molecule is CC(NC(=O)N[C@H](C(=O)O)[C@@H](C)O)C(N)=O. The fourth-order valence-electron chi connectivity index (χ4n) is 0.839. The molecule has 3 amide bonds. The van der Waals surface area contributed by atoms with Crippen LogP contribution in [0.2, 0.25) is 0 Å². The summed E-state index contributed by atoms with van der Waals surface area (Å²) in [4.78, 5) is 32.4. The number of nitrogens with two attached hydrogens (primary N) is 1. The van der Waals surface area contributed by atoms with Crippen LogP contribution in [-0.4, -0.2) is 46.3 Å². The van der Waals surface area contributed by atoms with E-state index in [-0.39, 0.29) is 0 Å². The molecule has 0 aromatic rings. The molecule has 0 bridgehead atoms. The van der Waals surface area contributed by atoms with Gasteiger partial charge in [-0.1, -0.05) is 0 Å². The maximum atomic E-state index is 11.2. The highest BCUT2D eigenvalue weighted by molar-refractivity contribution is 5.87. The van der Waals surface area contributed by atoms with Gasteiger partial charge in [0.15, 0.2) is 6.04 Å². The van der Waals surface area contributed by atoms with Gasteiger partial charge < -0.3 is 26.6 Å². The molecule has 0 aromatic heterocycles. The number of amides is 3. The smallest absolute Gasteiger partial charge is 0.328 e. The van der Waals surface area contributed by atoms with Crippen molar-refractivity contribution in [2.75, 3.05) is 0 Å². The molecule has 0 rings (SSSR count). The topological polar surface area (TPSA) is 142 Å². The number of urea groups is 1. The van der Waals surface area contributed by atoms with Gasteiger partial charge in [-0.25, -0.2) is 9.59 Å². The number of rotatable bonds is 5. The standard InChI is InChI=1S/C8H15N3O5/c1-3(6(9)13)10-8(16)11-5(4(2)12)7(14)15/h3-5,12H,1-2H3,(H2,9,13)(H,14,15)(H2,10,11,16)/t3?,4-,5+/m1/s1. The second-order valence-corrected chi connectivity index (χ2v) is 3.30. The molecule has 0 radical (unpaired) electrons. The zero-order valence-corrected chi connectivity index (χ0v) is 8.93. The lowest BCUT2D eigenvalue weighted by molar-refractivity contribution is -0.141. The second kappa shape index (κ2) is 5.91. The van der Waals surface area contributed by atoms with Gasteiger partial charge in [-0.2, -0.15) is 0 Å². The van der Waals surface area contributed by atoms with Crippen molar-refractivity contribution in [2.45, 2.75) is 32.0 Å². The van der Waals surface area contributed by atoms with E-state index in [4.69, 9.17) is 15.9 Å². The minimum absolute atomic E-state index is 0.751. The van der Waals surface area contributed by atoms with Gasteiger partial charge in [0.05, 0.1) is 6.10 Å². The van der Waals surface area contributed by atoms with E-state index in [0.29, 0.717) is 0 Å². The molecule has 16 heavy (non-hydrogen) atoms. The molecule has 0 saturated heterocycles. The number of hydrogen-bond donors (Lipinski definition) is 5. The van der Waals surface area contributed by atoms with E-state index in [1.165, 1.54) is 13.8 Å². The Kier molecular flexibility index (Phi) is 5.23. The van der Waals surface area contributed by atoms with E-state index >= 15 is 0 Å². The molecule has 8 heteroatoms. The van der Waals surface area contributed by atoms with Gasteiger partial charge in [0.25, 0.3) is 0 Å². The van der Waals surface area contributed by atoms with Crippen LogP contribution in [0.15, 0.2) is 0 Å². The zero-order chi connectivity index (χ0) is 12.9. The van der Waals surface area contributed by atoms with Gasteiger partial charge in [0.2, 0.25) is 5.91 Å². The van der Waals surface area contributed by atoms with Crippen LogP contribution in [0.3, 0.4) is 0 Å². The summed E-state index contributed by atoms with van der Waals surface area (Å²) in [6.45, 7) is 2.57. The van der Waals surface area contributed by atoms with Crippen molar-refractivity contribution in [3.8, 4) is 0 Å². The number of aliphatic hydroxyl groups is 1. The van der Waals surface area contributed by atoms with Gasteiger partial charge in [-0.3, -0.25) is 4.79 Å². The molecular formula is C8H15N3O5. The summed E-state index contributed by atoms with van der Waals surface area (Å²) in [6, 6.07) is -3.26. The predicted octanol–water partition coefficient (Wildman–Crippen LogP) is -2.01. The van der Waals surface area contributed by atoms with Gasteiger partial charge in [-0.15, -0.1) is 0 Å². The van der Waals surface area contributed by atoms with Gasteiger partial charge in [-0.05, 0) is 13.8 Å². The number of primary amides is 1. The van der Waals surface area contributed by atoms with Crippen LogP contribution in [0.25, 0.3) is 0 Å². The number of carbonyl (C=O) groups excluding carboxylic acids is 2. The van der Waals surface area contributed by atoms with Crippen molar-refractivity contribution in [3.63, 3.8) is 0 Å². The maximum Gasteiger partial charge on any atom is 0.328 e. The molecule has 0 aliphatic rings. The molecule has 0 heterocycles. The minimum atomic E-state index is -1.44. The Morgan fingerprint density at radius 2 is 1.69 bits per heavy atom. The number of carboxylic acids is 1. The fourth-order valence-corrected chi connectivity index (χ4v) is 0.839. The molecule has 1 unspecified atom stereocenters. The summed E-state index contributed by atoms with van der Waals surface area (Å²) in [5.74, 6) is -2.13. The van der Waals surface area contributed by atoms with E-state index in [1.54, 1.807) is 0 Å². The van der Waals surface area contributed by atoms with E-state index in [9.17, 15) is 14.4 Å². The Morgan fingerprint density at radius 3 is 2.00 bits per heavy atom. The summed E-state index contributed by atoms with van der Waals surface area (Å²) < 4.78 is 0. The molecular weight excluding hydrogens is 218 g/mol. The predicted molar refractivity (Wildman–Crippen MR) is 53.4 cm³/mol. The number of carbonyl (C=O) groups is 3. The Bertz CT molecular complexity index is 291. The highest BCUT2D eigenvalue weighted by atomic mass is 16.4. The van der Waals surface area contributed by atoms with Crippen LogP contribution in [0, 0.1) is 0 Å². The summed E-state index contributed by atoms with van der Waals surface area (Å²) >= 11 is 0. The molecule has 8 nitrogen and oxygen atoms in total. The van der Waals surface area contributed by atoms with E-state index < -0.39 is 36.1 Å². The summed E-state index contributed by atoms with van der Waals surface area (Å²) in [5.41, 5.74) is 4.89. The molecule has 0 saturated carbocycles. The third-order valence-electron chi connectivity index (χ3n) is 1.81. The van der Waals surface area contributed by atoms with Crippen molar-refractivity contribution in [1.82, 2.24) is 10.6 Å². The lowest BCUT2D eigenvalue weighted by Gasteiger charge is -2.18. The highest BCUT2D eigenvalue weighted by Gasteiger charge is 2.25. The molecule has 0 aromatic carbocycles. The third-order valence-corrected chi connectivity index (χ3v) is 1.81. The van der Waals surface area contributed by atoms with E-state index in [1.807, 2.05) is 5.32 Å². The molecule has 6 N–H and O–H groups in total. The van der Waals surface area contributed by atoms with E-state index in [0.717, 1.165) is 0 Å². The Labute approximate surface area is 91.8 Å². The molecule has 92 valence electrons. The summed E-state index contributed by atoms with van der Waals surface area (Å²) in [6.07, 6.45) is -1.26. The van der Waals surface area contributed by atoms with Crippen molar-refractivity contribution >= 4 is 17.9 Å². The number of nitrogens with one attached hydrogen (secondary N) is 2. The first-order valence-electron chi connectivity index (χ1n) is 4.53. The van der Waals surface area contributed by atoms with Crippen LogP contribution in [0.5, 0.6) is 0 Å². The van der Waals surface area contributed by atoms with Gasteiger partial charge in [0, 0.05) is 0 Å². The largest absolute Gasteiger partial charge is 0.480 e. The minimum Gasteiger partial charge on any atom is -0.480 e. The highest BCUT2D eigenvalue weighted by Crippen LogP contribution is 1.93. The number of hydrogen-bond acceptors (Lipinski definition) is 4. The van der Waals surface area contributed by atoms with E-state index in [2.05, 4.69) is 5.32 Å². The Morgan fingerprint density at radius 1 is 1.19 bits per heavy atom. The Hall–Kier alpha value is -1.83. The van der Waals surface area contributed by atoms with Crippen molar-refractivity contribution < 1.29 is 24.6 Å². The molecule has 3 atom stereocenters. The normalized spacial score (nSPS) is 15.7. The lowest BCUT2D eigenvalue weighted by atomic mass is 10.2. The summed E-state index contributed by atoms with van der Waals surface area (Å²) in [5, 5.41) is 21.8. The van der Waals surface area contributed by atoms with Crippen LogP contribution in [-0.2, 0) is 9.59 Å². The van der Waals surface area contributed by atoms with Gasteiger partial charge >= 0.3 is 12.0 Å². The van der Waals surface area contributed by atoms with Gasteiger partial charge in [0.1, 0.15) is 6.04 Å². The maximum absolute atomic E-state index is 11.2. The van der Waals surface area contributed by atoms with Crippen LogP contribution >= 0.6 is 0 Å². The first kappa shape index (κ1) is 14.2. The molecule has 0 aliphatic carbocycles. The molecule has 0 fully saturated rings. The van der Waals surface area contributed by atoms with Crippen molar-refractivity contribution in [2.24, 2.45) is 5.73 Å². The average Bonchev–Trinajstić information content (AvgIpc) is 2.12. The van der Waals surface area contributed by atoms with Crippen LogP contribution in [0.1, 0.15) is 13.8 Å². The van der Waals surface area contributed by atoms with Crippen LogP contribution < -0.4 is 16.4 Å². The van der Waals surface area contributed by atoms with Crippen LogP contribution in [0.4, 0.5) is 4.79 Å². The third kappa shape index (κ3) is 4.60. The second-order valence-electron chi connectivity index (χ2n) is 3.30. The monoisotopic (exact) mass is 233 g/mol. The van der Waals surface area contributed by atoms with Crippen molar-refractivity contribution in [1.29, 1.82) is 0 Å². The number of aliphatic carboxylic acids is 1. The summed E-state index contributed by atoms with van der Waals surface area (Å²) in [7, 11) is 0. The number of carboxylic acid groups (broad SMARTS) is 1. The molecule has 0 spiro atoms. The fraction of sp³-hybridized carbons (Fsp3) is 0.625.